The maximum atomic E-state index is 11.3. The van der Waals surface area contributed by atoms with Gasteiger partial charge >= 0.3 is 5.97 Å². The van der Waals surface area contributed by atoms with Gasteiger partial charge in [0.15, 0.2) is 5.78 Å². The zero-order chi connectivity index (χ0) is 9.84. The van der Waals surface area contributed by atoms with Gasteiger partial charge in [0, 0.05) is 12.2 Å². The van der Waals surface area contributed by atoms with Crippen LogP contribution in [0.15, 0.2) is 0 Å². The fourth-order valence-electron chi connectivity index (χ4n) is 1.18. The van der Waals surface area contributed by atoms with Crippen molar-refractivity contribution in [1.82, 2.24) is 5.32 Å². The summed E-state index contributed by atoms with van der Waals surface area (Å²) >= 11 is 1.39. The second-order valence-electron chi connectivity index (χ2n) is 2.99. The van der Waals surface area contributed by atoms with Crippen LogP contribution in [0.1, 0.15) is 19.8 Å². The van der Waals surface area contributed by atoms with Crippen molar-refractivity contribution in [2.24, 2.45) is 0 Å². The number of rotatable bonds is 4. The Balaban J connectivity index is 2.40. The summed E-state index contributed by atoms with van der Waals surface area (Å²) in [4.78, 5) is 21.9. The highest BCUT2D eigenvalue weighted by molar-refractivity contribution is 8.00. The molecular formula is C8H13NO3S. The fourth-order valence-corrected chi connectivity index (χ4v) is 2.37. The lowest BCUT2D eigenvalue weighted by Gasteiger charge is -2.08. The predicted octanol–water partition coefficient (Wildman–Crippen LogP) is 0.471. The Morgan fingerprint density at radius 1 is 1.62 bits per heavy atom. The molecule has 0 aromatic carbocycles. The van der Waals surface area contributed by atoms with Gasteiger partial charge in [-0.1, -0.05) is 6.92 Å². The van der Waals surface area contributed by atoms with Gasteiger partial charge in [-0.3, -0.25) is 14.9 Å². The normalized spacial score (nSPS) is 27.5. The number of Topliss-reactive ketones (excluding diaryl/α,β-unsaturated/α-hetero) is 1. The number of hydrogen-bond donors (Lipinski definition) is 2. The maximum absolute atomic E-state index is 11.3. The number of carbonyl (C=O) groups is 2. The molecule has 1 heterocycles. The number of aliphatic carboxylic acids is 1. The van der Waals surface area contributed by atoms with Crippen molar-refractivity contribution in [2.45, 2.75) is 31.2 Å². The molecule has 0 aliphatic carbocycles. The third-order valence-corrected chi connectivity index (χ3v) is 3.13. The highest BCUT2D eigenvalue weighted by Gasteiger charge is 2.32. The first kappa shape index (κ1) is 10.5. The second kappa shape index (κ2) is 4.62. The van der Waals surface area contributed by atoms with Gasteiger partial charge in [0.25, 0.3) is 0 Å². The molecule has 2 N–H and O–H groups in total. The minimum atomic E-state index is -0.876. The van der Waals surface area contributed by atoms with Crippen LogP contribution in [0.5, 0.6) is 0 Å². The van der Waals surface area contributed by atoms with Gasteiger partial charge < -0.3 is 5.11 Å². The quantitative estimate of drug-likeness (QED) is 0.695. The monoisotopic (exact) mass is 203 g/mol. The van der Waals surface area contributed by atoms with E-state index in [0.29, 0.717) is 12.2 Å². The molecule has 0 aromatic heterocycles. The van der Waals surface area contributed by atoms with E-state index in [4.69, 9.17) is 5.11 Å². The molecule has 2 unspecified atom stereocenters. The third kappa shape index (κ3) is 2.70. The summed E-state index contributed by atoms with van der Waals surface area (Å²) < 4.78 is 0. The Hall–Kier alpha value is -0.550. The first-order valence-corrected chi connectivity index (χ1v) is 5.33. The molecule has 0 amide bonds. The highest BCUT2D eigenvalue weighted by atomic mass is 32.2. The van der Waals surface area contributed by atoms with Crippen LogP contribution in [0, 0.1) is 0 Å². The van der Waals surface area contributed by atoms with E-state index in [2.05, 4.69) is 5.32 Å². The van der Waals surface area contributed by atoms with Crippen molar-refractivity contribution in [3.63, 3.8) is 0 Å². The average Bonchev–Trinajstić information content (AvgIpc) is 2.52. The van der Waals surface area contributed by atoms with Crippen LogP contribution in [0.25, 0.3) is 0 Å². The van der Waals surface area contributed by atoms with Crippen LogP contribution in [-0.2, 0) is 9.59 Å². The first-order chi connectivity index (χ1) is 6.15. The van der Waals surface area contributed by atoms with Crippen LogP contribution in [0.2, 0.25) is 0 Å². The van der Waals surface area contributed by atoms with Crippen molar-refractivity contribution >= 4 is 23.5 Å². The zero-order valence-corrected chi connectivity index (χ0v) is 8.26. The zero-order valence-electron chi connectivity index (χ0n) is 7.45. The number of carboxylic acids is 1. The lowest BCUT2D eigenvalue weighted by atomic mass is 10.2. The molecule has 0 bridgehead atoms. The Labute approximate surface area is 81.1 Å². The van der Waals surface area contributed by atoms with Gasteiger partial charge in [0.1, 0.15) is 11.4 Å². The minimum absolute atomic E-state index is 0.108. The number of nitrogens with one attached hydrogen (secondary N) is 1. The number of hydrogen-bond acceptors (Lipinski definition) is 4. The average molecular weight is 203 g/mol. The summed E-state index contributed by atoms with van der Waals surface area (Å²) in [6, 6.07) is -0.559. The number of thioether (sulfide) groups is 1. The molecule has 4 nitrogen and oxygen atoms in total. The molecule has 1 fully saturated rings. The van der Waals surface area contributed by atoms with Crippen LogP contribution in [-0.4, -0.2) is 34.0 Å². The second-order valence-corrected chi connectivity index (χ2v) is 4.13. The Kier molecular flexibility index (Phi) is 3.74. The van der Waals surface area contributed by atoms with Crippen LogP contribution in [0.3, 0.4) is 0 Å². The van der Waals surface area contributed by atoms with E-state index in [1.807, 2.05) is 6.92 Å². The molecular weight excluding hydrogens is 190 g/mol. The van der Waals surface area contributed by atoms with Gasteiger partial charge in [-0.15, -0.1) is 11.8 Å². The molecule has 1 aliphatic heterocycles. The van der Waals surface area contributed by atoms with Crippen molar-refractivity contribution in [3.05, 3.63) is 0 Å². The van der Waals surface area contributed by atoms with Crippen molar-refractivity contribution < 1.29 is 14.7 Å². The van der Waals surface area contributed by atoms with E-state index < -0.39 is 12.0 Å². The lowest BCUT2D eigenvalue weighted by molar-refractivity contribution is -0.138. The Morgan fingerprint density at radius 2 is 2.31 bits per heavy atom. The summed E-state index contributed by atoms with van der Waals surface area (Å²) in [7, 11) is 0. The number of carbonyl (C=O) groups excluding carboxylic acids is 1. The molecule has 0 spiro atoms. The molecule has 1 aliphatic rings. The predicted molar refractivity (Wildman–Crippen MR) is 50.7 cm³/mol. The van der Waals surface area contributed by atoms with Gasteiger partial charge in [0.2, 0.25) is 0 Å². The Morgan fingerprint density at radius 3 is 2.77 bits per heavy atom. The molecule has 74 valence electrons. The van der Waals surface area contributed by atoms with Crippen molar-refractivity contribution in [3.8, 4) is 0 Å². The SMILES string of the molecule is CCCC(=O)C1NC(C(=O)O)CS1. The summed E-state index contributed by atoms with van der Waals surface area (Å²) in [5, 5.41) is 11.1. The van der Waals surface area contributed by atoms with E-state index in [1.165, 1.54) is 11.8 Å². The summed E-state index contributed by atoms with van der Waals surface area (Å²) in [5.74, 6) is -0.286. The fraction of sp³-hybridized carbons (Fsp3) is 0.750. The Bertz CT molecular complexity index is 219. The molecule has 2 atom stereocenters. The first-order valence-electron chi connectivity index (χ1n) is 4.28. The number of carboxylic acid groups (broad SMARTS) is 1. The number of ketones is 1. The molecule has 5 heteroatoms. The van der Waals surface area contributed by atoms with Gasteiger partial charge in [0.05, 0.1) is 0 Å². The molecule has 1 saturated heterocycles. The largest absolute Gasteiger partial charge is 0.480 e. The summed E-state index contributed by atoms with van der Waals surface area (Å²) in [6.45, 7) is 1.94. The van der Waals surface area contributed by atoms with E-state index in [0.717, 1.165) is 6.42 Å². The summed E-state index contributed by atoms with van der Waals surface area (Å²) in [5.41, 5.74) is 0. The third-order valence-electron chi connectivity index (χ3n) is 1.87. The molecule has 1 rings (SSSR count). The van der Waals surface area contributed by atoms with Crippen molar-refractivity contribution in [2.75, 3.05) is 5.75 Å². The molecule has 0 aromatic rings. The molecule has 13 heavy (non-hydrogen) atoms. The minimum Gasteiger partial charge on any atom is -0.480 e. The standard InChI is InChI=1S/C8H13NO3S/c1-2-3-6(10)7-9-5(4-13-7)8(11)12/h5,7,9H,2-4H2,1H3,(H,11,12). The van der Waals surface area contributed by atoms with Crippen molar-refractivity contribution in [1.29, 1.82) is 0 Å². The van der Waals surface area contributed by atoms with Crippen LogP contribution in [0.4, 0.5) is 0 Å². The van der Waals surface area contributed by atoms with E-state index >= 15 is 0 Å². The molecule has 0 saturated carbocycles. The topological polar surface area (TPSA) is 66.4 Å². The van der Waals surface area contributed by atoms with E-state index in [9.17, 15) is 9.59 Å². The van der Waals surface area contributed by atoms with Gasteiger partial charge in [-0.2, -0.15) is 0 Å². The molecule has 0 radical (unpaired) electrons. The smallest absolute Gasteiger partial charge is 0.321 e. The lowest BCUT2D eigenvalue weighted by Crippen LogP contribution is -2.39. The highest BCUT2D eigenvalue weighted by Crippen LogP contribution is 2.20. The van der Waals surface area contributed by atoms with Crippen LogP contribution >= 0.6 is 11.8 Å². The maximum Gasteiger partial charge on any atom is 0.321 e. The van der Waals surface area contributed by atoms with E-state index in [-0.39, 0.29) is 11.2 Å². The summed E-state index contributed by atoms with van der Waals surface area (Å²) in [6.07, 6.45) is 1.34. The van der Waals surface area contributed by atoms with Gasteiger partial charge in [-0.25, -0.2) is 0 Å². The van der Waals surface area contributed by atoms with Crippen LogP contribution < -0.4 is 5.32 Å². The van der Waals surface area contributed by atoms with E-state index in [1.54, 1.807) is 0 Å². The van der Waals surface area contributed by atoms with Gasteiger partial charge in [-0.05, 0) is 6.42 Å².